The van der Waals surface area contributed by atoms with Crippen LogP contribution in [0.15, 0.2) is 0 Å². The van der Waals surface area contributed by atoms with Crippen LogP contribution in [0.4, 0.5) is 4.79 Å². The standard InChI is InChI=1S/C16H28N2O3/c1-3-13-8-7-12(2)18(13)15(21)17-16(11-14(19)20)9-5-4-6-10-16/h12-13H,3-11H2,1-2H3,(H,17,21)(H,19,20). The van der Waals surface area contributed by atoms with Crippen LogP contribution in [-0.2, 0) is 4.79 Å². The zero-order valence-electron chi connectivity index (χ0n) is 13.2. The fraction of sp³-hybridized carbons (Fsp3) is 0.875. The molecule has 1 saturated carbocycles. The number of carbonyl (C=O) groups excluding carboxylic acids is 1. The third kappa shape index (κ3) is 3.69. The Morgan fingerprint density at radius 1 is 1.24 bits per heavy atom. The number of carbonyl (C=O) groups is 2. The van der Waals surface area contributed by atoms with E-state index in [1.165, 1.54) is 0 Å². The van der Waals surface area contributed by atoms with Crippen LogP contribution in [-0.4, -0.2) is 39.6 Å². The van der Waals surface area contributed by atoms with Crippen LogP contribution in [0.1, 0.15) is 71.6 Å². The van der Waals surface area contributed by atoms with Gasteiger partial charge in [-0.3, -0.25) is 4.79 Å². The maximum absolute atomic E-state index is 12.7. The molecule has 1 heterocycles. The van der Waals surface area contributed by atoms with Gasteiger partial charge < -0.3 is 15.3 Å². The van der Waals surface area contributed by atoms with E-state index in [0.29, 0.717) is 6.04 Å². The van der Waals surface area contributed by atoms with Crippen LogP contribution in [0.3, 0.4) is 0 Å². The molecule has 120 valence electrons. The monoisotopic (exact) mass is 296 g/mol. The summed E-state index contributed by atoms with van der Waals surface area (Å²) in [6.45, 7) is 4.19. The Hall–Kier alpha value is -1.26. The van der Waals surface area contributed by atoms with Crippen molar-refractivity contribution in [3.63, 3.8) is 0 Å². The van der Waals surface area contributed by atoms with E-state index in [9.17, 15) is 14.7 Å². The van der Waals surface area contributed by atoms with Crippen LogP contribution >= 0.6 is 0 Å². The fourth-order valence-corrected chi connectivity index (χ4v) is 3.99. The Labute approximate surface area is 127 Å². The number of likely N-dealkylation sites (tertiary alicyclic amines) is 1. The summed E-state index contributed by atoms with van der Waals surface area (Å²) in [6.07, 6.45) is 7.79. The number of hydrogen-bond acceptors (Lipinski definition) is 2. The second kappa shape index (κ2) is 6.67. The van der Waals surface area contributed by atoms with Gasteiger partial charge in [0.2, 0.25) is 0 Å². The molecule has 1 aliphatic carbocycles. The van der Waals surface area contributed by atoms with Crippen molar-refractivity contribution in [1.29, 1.82) is 0 Å². The van der Waals surface area contributed by atoms with E-state index in [2.05, 4.69) is 19.2 Å². The van der Waals surface area contributed by atoms with Gasteiger partial charge in [-0.2, -0.15) is 0 Å². The van der Waals surface area contributed by atoms with Crippen molar-refractivity contribution < 1.29 is 14.7 Å². The predicted octanol–water partition coefficient (Wildman–Crippen LogP) is 3.14. The SMILES string of the molecule is CCC1CCC(C)N1C(=O)NC1(CC(=O)O)CCCCC1. The van der Waals surface area contributed by atoms with Crippen molar-refractivity contribution in [3.05, 3.63) is 0 Å². The largest absolute Gasteiger partial charge is 0.481 e. The molecule has 5 heteroatoms. The Morgan fingerprint density at radius 2 is 1.90 bits per heavy atom. The van der Waals surface area contributed by atoms with E-state index in [-0.39, 0.29) is 18.5 Å². The van der Waals surface area contributed by atoms with E-state index >= 15 is 0 Å². The van der Waals surface area contributed by atoms with Crippen LogP contribution < -0.4 is 5.32 Å². The summed E-state index contributed by atoms with van der Waals surface area (Å²) in [4.78, 5) is 25.8. The van der Waals surface area contributed by atoms with E-state index in [1.807, 2.05) is 4.90 Å². The number of nitrogens with zero attached hydrogens (tertiary/aromatic N) is 1. The third-order valence-corrected chi connectivity index (χ3v) is 5.16. The molecule has 5 nitrogen and oxygen atoms in total. The molecule has 2 rings (SSSR count). The van der Waals surface area contributed by atoms with E-state index < -0.39 is 11.5 Å². The first kappa shape index (κ1) is 16.1. The van der Waals surface area contributed by atoms with Gasteiger partial charge in [-0.1, -0.05) is 26.2 Å². The van der Waals surface area contributed by atoms with E-state index in [1.54, 1.807) is 0 Å². The second-order valence-electron chi connectivity index (χ2n) is 6.74. The lowest BCUT2D eigenvalue weighted by atomic mass is 9.79. The summed E-state index contributed by atoms with van der Waals surface area (Å²) in [5.41, 5.74) is -0.540. The number of urea groups is 1. The minimum atomic E-state index is -0.821. The van der Waals surface area contributed by atoms with Gasteiger partial charge in [0.1, 0.15) is 0 Å². The summed E-state index contributed by atoms with van der Waals surface area (Å²) < 4.78 is 0. The first-order valence-electron chi connectivity index (χ1n) is 8.30. The van der Waals surface area contributed by atoms with Crippen LogP contribution in [0.5, 0.6) is 0 Å². The minimum Gasteiger partial charge on any atom is -0.481 e. The Balaban J connectivity index is 2.08. The molecule has 0 bridgehead atoms. The van der Waals surface area contributed by atoms with Gasteiger partial charge in [-0.05, 0) is 39.0 Å². The molecule has 1 saturated heterocycles. The van der Waals surface area contributed by atoms with Crippen LogP contribution in [0.2, 0.25) is 0 Å². The molecule has 1 aliphatic heterocycles. The topological polar surface area (TPSA) is 69.6 Å². The Bertz CT molecular complexity index is 391. The van der Waals surface area contributed by atoms with E-state index in [0.717, 1.165) is 51.4 Å². The summed E-state index contributed by atoms with van der Waals surface area (Å²) in [5, 5.41) is 12.3. The maximum atomic E-state index is 12.7. The number of nitrogens with one attached hydrogen (secondary N) is 1. The van der Waals surface area contributed by atoms with Crippen LogP contribution in [0.25, 0.3) is 0 Å². The van der Waals surface area contributed by atoms with Gasteiger partial charge >= 0.3 is 12.0 Å². The lowest BCUT2D eigenvalue weighted by Crippen LogP contribution is -2.57. The number of aliphatic carboxylic acids is 1. The lowest BCUT2D eigenvalue weighted by molar-refractivity contribution is -0.139. The summed E-state index contributed by atoms with van der Waals surface area (Å²) >= 11 is 0. The normalized spacial score (nSPS) is 28.4. The van der Waals surface area contributed by atoms with Crippen molar-refractivity contribution >= 4 is 12.0 Å². The Kier molecular flexibility index (Phi) is 5.12. The smallest absolute Gasteiger partial charge is 0.318 e. The lowest BCUT2D eigenvalue weighted by Gasteiger charge is -2.40. The number of carboxylic acid groups (broad SMARTS) is 1. The highest BCUT2D eigenvalue weighted by molar-refractivity contribution is 5.78. The van der Waals surface area contributed by atoms with Crippen molar-refractivity contribution in [2.75, 3.05) is 0 Å². The van der Waals surface area contributed by atoms with Gasteiger partial charge in [-0.15, -0.1) is 0 Å². The number of carboxylic acids is 1. The molecule has 0 radical (unpaired) electrons. The molecule has 2 N–H and O–H groups in total. The van der Waals surface area contributed by atoms with Gasteiger partial charge in [0, 0.05) is 12.1 Å². The highest BCUT2D eigenvalue weighted by Gasteiger charge is 2.40. The molecule has 0 aromatic heterocycles. The highest BCUT2D eigenvalue weighted by atomic mass is 16.4. The summed E-state index contributed by atoms with van der Waals surface area (Å²) in [5.74, 6) is -0.821. The molecule has 2 amide bonds. The molecule has 0 aromatic rings. The highest BCUT2D eigenvalue weighted by Crippen LogP contribution is 2.33. The average molecular weight is 296 g/mol. The Morgan fingerprint density at radius 3 is 2.48 bits per heavy atom. The molecular weight excluding hydrogens is 268 g/mol. The van der Waals surface area contributed by atoms with Gasteiger partial charge in [0.15, 0.2) is 0 Å². The van der Waals surface area contributed by atoms with Gasteiger partial charge in [0.25, 0.3) is 0 Å². The average Bonchev–Trinajstić information content (AvgIpc) is 2.79. The molecule has 0 spiro atoms. The third-order valence-electron chi connectivity index (χ3n) is 5.16. The first-order valence-corrected chi connectivity index (χ1v) is 8.30. The zero-order valence-corrected chi connectivity index (χ0v) is 13.2. The van der Waals surface area contributed by atoms with Crippen molar-refractivity contribution in [2.45, 2.75) is 89.3 Å². The number of amides is 2. The summed E-state index contributed by atoms with van der Waals surface area (Å²) in [6, 6.07) is 0.487. The molecule has 2 fully saturated rings. The first-order chi connectivity index (χ1) is 9.97. The van der Waals surface area contributed by atoms with Gasteiger partial charge in [0.05, 0.1) is 12.0 Å². The number of hydrogen-bond donors (Lipinski definition) is 2. The van der Waals surface area contributed by atoms with Crippen molar-refractivity contribution in [2.24, 2.45) is 0 Å². The second-order valence-corrected chi connectivity index (χ2v) is 6.74. The van der Waals surface area contributed by atoms with Crippen molar-refractivity contribution in [3.8, 4) is 0 Å². The molecular formula is C16H28N2O3. The zero-order chi connectivity index (χ0) is 15.5. The maximum Gasteiger partial charge on any atom is 0.318 e. The molecule has 2 atom stereocenters. The fourth-order valence-electron chi connectivity index (χ4n) is 3.99. The molecule has 2 aliphatic rings. The quantitative estimate of drug-likeness (QED) is 0.837. The minimum absolute atomic E-state index is 0.0394. The van der Waals surface area contributed by atoms with Gasteiger partial charge in [-0.25, -0.2) is 4.79 Å². The predicted molar refractivity (Wildman–Crippen MR) is 81.2 cm³/mol. The number of rotatable bonds is 4. The summed E-state index contributed by atoms with van der Waals surface area (Å²) in [7, 11) is 0. The molecule has 21 heavy (non-hydrogen) atoms. The van der Waals surface area contributed by atoms with Crippen LogP contribution in [0, 0.1) is 0 Å². The molecule has 0 aromatic carbocycles. The van der Waals surface area contributed by atoms with Crippen molar-refractivity contribution in [1.82, 2.24) is 10.2 Å². The van der Waals surface area contributed by atoms with E-state index in [4.69, 9.17) is 0 Å². The molecule has 2 unspecified atom stereocenters.